The highest BCUT2D eigenvalue weighted by atomic mass is 19.2. The number of hydrogen-bond donors (Lipinski definition) is 2. The van der Waals surface area contributed by atoms with Crippen LogP contribution < -0.4 is 0 Å². The van der Waals surface area contributed by atoms with Gasteiger partial charge in [-0.1, -0.05) is 18.2 Å². The van der Waals surface area contributed by atoms with Crippen molar-refractivity contribution in [2.75, 3.05) is 0 Å². The Labute approximate surface area is 123 Å². The van der Waals surface area contributed by atoms with E-state index >= 15 is 0 Å². The van der Waals surface area contributed by atoms with Crippen molar-refractivity contribution in [2.45, 2.75) is 0 Å². The molecule has 2 aromatic heterocycles. The van der Waals surface area contributed by atoms with Gasteiger partial charge in [0.25, 0.3) is 0 Å². The summed E-state index contributed by atoms with van der Waals surface area (Å²) in [6, 6.07) is 11.2. The van der Waals surface area contributed by atoms with Gasteiger partial charge in [-0.05, 0) is 18.2 Å². The molecule has 0 unspecified atom stereocenters. The number of nitrogens with zero attached hydrogens (tertiary/aromatic N) is 1. The van der Waals surface area contributed by atoms with Gasteiger partial charge < -0.3 is 10.1 Å². The molecule has 2 N–H and O–H groups in total. The fourth-order valence-electron chi connectivity index (χ4n) is 2.62. The van der Waals surface area contributed by atoms with Gasteiger partial charge in [0.1, 0.15) is 11.4 Å². The molecule has 0 spiro atoms. The average molecular weight is 296 g/mol. The normalized spacial score (nSPS) is 11.4. The van der Waals surface area contributed by atoms with Crippen molar-refractivity contribution in [1.82, 2.24) is 9.97 Å². The lowest BCUT2D eigenvalue weighted by Gasteiger charge is -2.05. The van der Waals surface area contributed by atoms with Gasteiger partial charge in [-0.2, -0.15) is 0 Å². The summed E-state index contributed by atoms with van der Waals surface area (Å²) in [5.41, 5.74) is 2.02. The first-order valence-corrected chi connectivity index (χ1v) is 6.69. The summed E-state index contributed by atoms with van der Waals surface area (Å²) in [4.78, 5) is 7.31. The topological polar surface area (TPSA) is 48.9 Å². The van der Waals surface area contributed by atoms with E-state index in [1.165, 1.54) is 0 Å². The molecule has 0 aliphatic rings. The maximum Gasteiger partial charge on any atom is 0.160 e. The quantitative estimate of drug-likeness (QED) is 0.548. The van der Waals surface area contributed by atoms with Crippen molar-refractivity contribution >= 4 is 21.8 Å². The van der Waals surface area contributed by atoms with E-state index in [4.69, 9.17) is 0 Å². The van der Waals surface area contributed by atoms with Crippen LogP contribution in [0.3, 0.4) is 0 Å². The van der Waals surface area contributed by atoms with Crippen LogP contribution in [0.25, 0.3) is 33.1 Å². The molecule has 0 aliphatic heterocycles. The minimum atomic E-state index is -0.936. The zero-order valence-corrected chi connectivity index (χ0v) is 11.3. The Hall–Kier alpha value is -2.95. The van der Waals surface area contributed by atoms with E-state index in [1.54, 1.807) is 12.3 Å². The van der Waals surface area contributed by atoms with Gasteiger partial charge in [-0.25, -0.2) is 13.8 Å². The Morgan fingerprint density at radius 3 is 2.64 bits per heavy atom. The van der Waals surface area contributed by atoms with Gasteiger partial charge in [-0.15, -0.1) is 0 Å². The molecule has 0 bridgehead atoms. The predicted molar refractivity (Wildman–Crippen MR) is 80.6 cm³/mol. The van der Waals surface area contributed by atoms with Crippen molar-refractivity contribution in [2.24, 2.45) is 0 Å². The first-order chi connectivity index (χ1) is 10.6. The summed E-state index contributed by atoms with van der Waals surface area (Å²) in [7, 11) is 0. The van der Waals surface area contributed by atoms with Crippen LogP contribution >= 0.6 is 0 Å². The fraction of sp³-hybridized carbons (Fsp3) is 0. The monoisotopic (exact) mass is 296 g/mol. The maximum absolute atomic E-state index is 13.5. The molecule has 3 nitrogen and oxygen atoms in total. The number of H-pyrrole nitrogens is 1. The van der Waals surface area contributed by atoms with Crippen molar-refractivity contribution in [3.05, 3.63) is 60.3 Å². The van der Waals surface area contributed by atoms with Gasteiger partial charge in [-0.3, -0.25) is 0 Å². The summed E-state index contributed by atoms with van der Waals surface area (Å²) in [6.07, 6.45) is 1.58. The number of fused-ring (bicyclic) bond motifs is 2. The van der Waals surface area contributed by atoms with Crippen LogP contribution in [0, 0.1) is 11.6 Å². The Morgan fingerprint density at radius 1 is 1.00 bits per heavy atom. The second kappa shape index (κ2) is 4.53. The van der Waals surface area contributed by atoms with E-state index in [-0.39, 0.29) is 5.75 Å². The lowest BCUT2D eigenvalue weighted by atomic mass is 10.1. The number of aromatic nitrogens is 2. The summed E-state index contributed by atoms with van der Waals surface area (Å²) >= 11 is 0. The largest absolute Gasteiger partial charge is 0.506 e. The molecular formula is C17H10F2N2O. The molecule has 4 aromatic rings. The predicted octanol–water partition coefficient (Wildman–Crippen LogP) is 4.37. The van der Waals surface area contributed by atoms with E-state index in [1.807, 2.05) is 24.3 Å². The van der Waals surface area contributed by atoms with E-state index < -0.39 is 11.6 Å². The second-order valence-electron chi connectivity index (χ2n) is 5.06. The summed E-state index contributed by atoms with van der Waals surface area (Å²) in [5.74, 6) is -1.87. The van der Waals surface area contributed by atoms with Crippen LogP contribution in [-0.2, 0) is 0 Å². The first-order valence-electron chi connectivity index (χ1n) is 6.69. The van der Waals surface area contributed by atoms with Crippen molar-refractivity contribution in [3.63, 3.8) is 0 Å². The summed E-state index contributed by atoms with van der Waals surface area (Å²) in [6.45, 7) is 0. The van der Waals surface area contributed by atoms with Gasteiger partial charge in [0.05, 0.1) is 5.52 Å². The van der Waals surface area contributed by atoms with Crippen LogP contribution in [-0.4, -0.2) is 15.1 Å². The fourth-order valence-corrected chi connectivity index (χ4v) is 2.62. The third kappa shape index (κ3) is 1.83. The molecule has 0 amide bonds. The smallest absolute Gasteiger partial charge is 0.160 e. The highest BCUT2D eigenvalue weighted by Gasteiger charge is 2.15. The van der Waals surface area contributed by atoms with Crippen LogP contribution in [0.1, 0.15) is 0 Å². The number of hydrogen-bond acceptors (Lipinski definition) is 2. The van der Waals surface area contributed by atoms with Crippen molar-refractivity contribution in [3.8, 4) is 17.0 Å². The molecule has 108 valence electrons. The number of halogens is 2. The number of pyridine rings is 1. The molecule has 0 aliphatic carbocycles. The van der Waals surface area contributed by atoms with Gasteiger partial charge >= 0.3 is 0 Å². The Morgan fingerprint density at radius 2 is 1.77 bits per heavy atom. The number of aromatic hydroxyl groups is 1. The molecule has 2 aromatic carbocycles. The number of para-hydroxylation sites is 1. The molecular weight excluding hydrogens is 286 g/mol. The minimum absolute atomic E-state index is 0.00988. The van der Waals surface area contributed by atoms with Crippen molar-refractivity contribution < 1.29 is 13.9 Å². The number of rotatable bonds is 1. The lowest BCUT2D eigenvalue weighted by molar-refractivity contribution is 0.476. The molecule has 0 saturated carbocycles. The molecule has 0 fully saturated rings. The van der Waals surface area contributed by atoms with Crippen LogP contribution in [0.15, 0.2) is 48.7 Å². The standard InChI is InChI=1S/C17H10F2N2O/c18-12-6-10-11(8-20-15(10)7-13(12)19)17-16(22)5-9-3-1-2-4-14(9)21-17/h1-8,20,22H. The van der Waals surface area contributed by atoms with Crippen LogP contribution in [0.2, 0.25) is 0 Å². The van der Waals surface area contributed by atoms with E-state index in [9.17, 15) is 13.9 Å². The SMILES string of the molecule is Oc1cc2ccccc2nc1-c1c[nH]c2cc(F)c(F)cc12. The zero-order valence-electron chi connectivity index (χ0n) is 11.3. The zero-order chi connectivity index (χ0) is 15.3. The molecule has 0 radical (unpaired) electrons. The lowest BCUT2D eigenvalue weighted by Crippen LogP contribution is -1.87. The van der Waals surface area contributed by atoms with Crippen LogP contribution in [0.5, 0.6) is 5.75 Å². The molecule has 2 heterocycles. The highest BCUT2D eigenvalue weighted by molar-refractivity contribution is 5.97. The summed E-state index contributed by atoms with van der Waals surface area (Å²) in [5, 5.41) is 11.5. The number of nitrogens with one attached hydrogen (secondary N) is 1. The molecule has 22 heavy (non-hydrogen) atoms. The first kappa shape index (κ1) is 12.8. The van der Waals surface area contributed by atoms with Gasteiger partial charge in [0, 0.05) is 34.1 Å². The average Bonchev–Trinajstić information content (AvgIpc) is 2.89. The summed E-state index contributed by atoms with van der Waals surface area (Å²) < 4.78 is 26.8. The molecule has 0 atom stereocenters. The third-order valence-electron chi connectivity index (χ3n) is 3.68. The maximum atomic E-state index is 13.5. The van der Waals surface area contributed by atoms with E-state index in [0.29, 0.717) is 27.7 Å². The highest BCUT2D eigenvalue weighted by Crippen LogP contribution is 2.35. The molecule has 5 heteroatoms. The molecule has 4 rings (SSSR count). The van der Waals surface area contributed by atoms with Gasteiger partial charge in [0.2, 0.25) is 0 Å². The Bertz CT molecular complexity index is 1020. The minimum Gasteiger partial charge on any atom is -0.506 e. The third-order valence-corrected chi connectivity index (χ3v) is 3.68. The van der Waals surface area contributed by atoms with Gasteiger partial charge in [0.15, 0.2) is 11.6 Å². The van der Waals surface area contributed by atoms with E-state index in [0.717, 1.165) is 17.5 Å². The number of aromatic amines is 1. The number of benzene rings is 2. The van der Waals surface area contributed by atoms with E-state index in [2.05, 4.69) is 9.97 Å². The van der Waals surface area contributed by atoms with Crippen molar-refractivity contribution in [1.29, 1.82) is 0 Å². The Kier molecular flexibility index (Phi) is 2.63. The second-order valence-corrected chi connectivity index (χ2v) is 5.06. The molecule has 0 saturated heterocycles. The Balaban J connectivity index is 2.02. The van der Waals surface area contributed by atoms with Crippen LogP contribution in [0.4, 0.5) is 8.78 Å².